The number of nitrogen functional groups attached to an aromatic ring is 1. The summed E-state index contributed by atoms with van der Waals surface area (Å²) < 4.78 is 24.8. The highest BCUT2D eigenvalue weighted by Crippen LogP contribution is 2.26. The molecule has 4 N–H and O–H groups in total. The average Bonchev–Trinajstić information content (AvgIpc) is 2.36. The molecule has 7 nitrogen and oxygen atoms in total. The van der Waals surface area contributed by atoms with E-state index in [0.29, 0.717) is 16.8 Å². The highest BCUT2D eigenvalue weighted by Gasteiger charge is 2.14. The van der Waals surface area contributed by atoms with Crippen molar-refractivity contribution in [2.45, 2.75) is 0 Å². The summed E-state index contributed by atoms with van der Waals surface area (Å²) in [5.74, 6) is -1.11. The number of hydrogen-bond acceptors (Lipinski definition) is 5. The molecule has 0 saturated heterocycles. The molecule has 2 rings (SSSR count). The SMILES string of the molecule is CS(=O)(=O)Nc1cccc(-c2ccc(N)nc2C(=O)O)c1. The number of carbonyl (C=O) groups is 1. The minimum atomic E-state index is -3.41. The first-order valence-electron chi connectivity index (χ1n) is 5.84. The quantitative estimate of drug-likeness (QED) is 0.784. The highest BCUT2D eigenvalue weighted by atomic mass is 32.2. The van der Waals surface area contributed by atoms with Crippen molar-refractivity contribution in [2.24, 2.45) is 0 Å². The third-order valence-corrected chi connectivity index (χ3v) is 3.20. The van der Waals surface area contributed by atoms with Gasteiger partial charge in [-0.15, -0.1) is 0 Å². The zero-order valence-corrected chi connectivity index (χ0v) is 11.9. The van der Waals surface area contributed by atoms with E-state index in [1.807, 2.05) is 0 Å². The Kier molecular flexibility index (Phi) is 3.81. The fourth-order valence-electron chi connectivity index (χ4n) is 1.83. The average molecular weight is 307 g/mol. The first kappa shape index (κ1) is 14.8. The second-order valence-corrected chi connectivity index (χ2v) is 6.14. The van der Waals surface area contributed by atoms with E-state index in [4.69, 9.17) is 5.73 Å². The second kappa shape index (κ2) is 5.41. The molecule has 0 amide bonds. The predicted octanol–water partition coefficient (Wildman–Crippen LogP) is 1.40. The number of sulfonamides is 1. The number of nitrogens with one attached hydrogen (secondary N) is 1. The Balaban J connectivity index is 2.53. The topological polar surface area (TPSA) is 122 Å². The van der Waals surface area contributed by atoms with Crippen LogP contribution in [-0.4, -0.2) is 30.7 Å². The summed E-state index contributed by atoms with van der Waals surface area (Å²) in [5.41, 5.74) is 6.52. The normalized spacial score (nSPS) is 11.1. The van der Waals surface area contributed by atoms with Crippen molar-refractivity contribution in [2.75, 3.05) is 16.7 Å². The van der Waals surface area contributed by atoms with Crippen molar-refractivity contribution in [3.8, 4) is 11.1 Å². The van der Waals surface area contributed by atoms with Gasteiger partial charge in [-0.1, -0.05) is 12.1 Å². The van der Waals surface area contributed by atoms with Crippen molar-refractivity contribution in [3.05, 3.63) is 42.1 Å². The van der Waals surface area contributed by atoms with Gasteiger partial charge in [0.2, 0.25) is 10.0 Å². The summed E-state index contributed by atoms with van der Waals surface area (Å²) in [7, 11) is -3.41. The third kappa shape index (κ3) is 3.69. The fourth-order valence-corrected chi connectivity index (χ4v) is 2.39. The van der Waals surface area contributed by atoms with E-state index in [9.17, 15) is 18.3 Å². The van der Waals surface area contributed by atoms with Crippen LogP contribution in [-0.2, 0) is 10.0 Å². The number of carboxylic acids is 1. The molecule has 0 atom stereocenters. The molecular weight excluding hydrogens is 294 g/mol. The molecule has 1 aromatic heterocycles. The summed E-state index contributed by atoms with van der Waals surface area (Å²) in [6, 6.07) is 9.39. The number of aromatic nitrogens is 1. The number of rotatable bonds is 4. The van der Waals surface area contributed by atoms with E-state index in [0.717, 1.165) is 6.26 Å². The van der Waals surface area contributed by atoms with Gasteiger partial charge in [0.25, 0.3) is 0 Å². The molecule has 0 saturated carbocycles. The van der Waals surface area contributed by atoms with Gasteiger partial charge in [-0.2, -0.15) is 0 Å². The molecule has 1 heterocycles. The van der Waals surface area contributed by atoms with Gasteiger partial charge >= 0.3 is 5.97 Å². The lowest BCUT2D eigenvalue weighted by molar-refractivity contribution is 0.0691. The lowest BCUT2D eigenvalue weighted by atomic mass is 10.0. The van der Waals surface area contributed by atoms with Crippen LogP contribution < -0.4 is 10.5 Å². The maximum Gasteiger partial charge on any atom is 0.355 e. The molecule has 0 radical (unpaired) electrons. The summed E-state index contributed by atoms with van der Waals surface area (Å²) in [6.07, 6.45) is 1.03. The van der Waals surface area contributed by atoms with Crippen LogP contribution in [0, 0.1) is 0 Å². The summed E-state index contributed by atoms with van der Waals surface area (Å²) >= 11 is 0. The van der Waals surface area contributed by atoms with E-state index >= 15 is 0 Å². The zero-order valence-electron chi connectivity index (χ0n) is 11.1. The smallest absolute Gasteiger partial charge is 0.355 e. The number of benzene rings is 1. The standard InChI is InChI=1S/C13H13N3O4S/c1-21(19,20)16-9-4-2-3-8(7-9)10-5-6-11(14)15-12(10)13(17)18/h2-7,16H,1H3,(H2,14,15)(H,17,18). The second-order valence-electron chi connectivity index (χ2n) is 4.39. The van der Waals surface area contributed by atoms with Gasteiger partial charge in [-0.25, -0.2) is 18.2 Å². The van der Waals surface area contributed by atoms with Gasteiger partial charge in [-0.05, 0) is 29.8 Å². The van der Waals surface area contributed by atoms with Crippen LogP contribution in [0.2, 0.25) is 0 Å². The minimum Gasteiger partial charge on any atom is -0.476 e. The molecule has 0 fully saturated rings. The van der Waals surface area contributed by atoms with E-state index in [-0.39, 0.29) is 11.5 Å². The van der Waals surface area contributed by atoms with Crippen LogP contribution in [0.3, 0.4) is 0 Å². The Labute approximate surface area is 121 Å². The first-order chi connectivity index (χ1) is 9.76. The van der Waals surface area contributed by atoms with E-state index in [1.165, 1.54) is 18.2 Å². The number of hydrogen-bond donors (Lipinski definition) is 3. The number of carboxylic acid groups (broad SMARTS) is 1. The largest absolute Gasteiger partial charge is 0.476 e. The molecule has 0 spiro atoms. The number of nitrogens with two attached hydrogens (primary N) is 1. The third-order valence-electron chi connectivity index (χ3n) is 2.60. The van der Waals surface area contributed by atoms with Crippen LogP contribution in [0.25, 0.3) is 11.1 Å². The maximum atomic E-state index is 11.2. The van der Waals surface area contributed by atoms with E-state index < -0.39 is 16.0 Å². The Morgan fingerprint density at radius 3 is 2.62 bits per heavy atom. The molecule has 8 heteroatoms. The molecule has 0 aliphatic heterocycles. The summed E-state index contributed by atoms with van der Waals surface area (Å²) in [6.45, 7) is 0. The molecule has 1 aromatic carbocycles. The number of aromatic carboxylic acids is 1. The van der Waals surface area contributed by atoms with Crippen molar-refractivity contribution in [1.82, 2.24) is 4.98 Å². The van der Waals surface area contributed by atoms with Crippen LogP contribution in [0.4, 0.5) is 11.5 Å². The van der Waals surface area contributed by atoms with Gasteiger partial charge < -0.3 is 10.8 Å². The van der Waals surface area contributed by atoms with E-state index in [2.05, 4.69) is 9.71 Å². The van der Waals surface area contributed by atoms with Crippen molar-refractivity contribution in [1.29, 1.82) is 0 Å². The van der Waals surface area contributed by atoms with Gasteiger partial charge in [-0.3, -0.25) is 4.72 Å². The Morgan fingerprint density at radius 2 is 2.00 bits per heavy atom. The lowest BCUT2D eigenvalue weighted by Gasteiger charge is -2.09. The van der Waals surface area contributed by atoms with Crippen molar-refractivity contribution in [3.63, 3.8) is 0 Å². The molecule has 2 aromatic rings. The Bertz CT molecular complexity index is 803. The van der Waals surface area contributed by atoms with Gasteiger partial charge in [0.15, 0.2) is 5.69 Å². The Hall–Kier alpha value is -2.61. The number of nitrogens with zero attached hydrogens (tertiary/aromatic N) is 1. The van der Waals surface area contributed by atoms with Crippen LogP contribution in [0.1, 0.15) is 10.5 Å². The predicted molar refractivity (Wildman–Crippen MR) is 79.5 cm³/mol. The van der Waals surface area contributed by atoms with Crippen LogP contribution in [0.15, 0.2) is 36.4 Å². The molecule has 0 bridgehead atoms. The van der Waals surface area contributed by atoms with Gasteiger partial charge in [0, 0.05) is 11.3 Å². The van der Waals surface area contributed by atoms with Gasteiger partial charge in [0.05, 0.1) is 6.26 Å². The summed E-state index contributed by atoms with van der Waals surface area (Å²) in [5, 5.41) is 9.18. The fraction of sp³-hybridized carbons (Fsp3) is 0.0769. The lowest BCUT2D eigenvalue weighted by Crippen LogP contribution is -2.09. The minimum absolute atomic E-state index is 0.0987. The molecule has 0 unspecified atom stereocenters. The zero-order chi connectivity index (χ0) is 15.6. The van der Waals surface area contributed by atoms with Crippen LogP contribution >= 0.6 is 0 Å². The molecule has 21 heavy (non-hydrogen) atoms. The summed E-state index contributed by atoms with van der Waals surface area (Å²) in [4.78, 5) is 15.0. The van der Waals surface area contributed by atoms with Gasteiger partial charge in [0.1, 0.15) is 5.82 Å². The monoisotopic (exact) mass is 307 g/mol. The number of pyridine rings is 1. The Morgan fingerprint density at radius 1 is 1.29 bits per heavy atom. The van der Waals surface area contributed by atoms with Crippen molar-refractivity contribution >= 4 is 27.5 Å². The van der Waals surface area contributed by atoms with E-state index in [1.54, 1.807) is 18.2 Å². The highest BCUT2D eigenvalue weighted by molar-refractivity contribution is 7.92. The van der Waals surface area contributed by atoms with Crippen LogP contribution in [0.5, 0.6) is 0 Å². The maximum absolute atomic E-state index is 11.2. The van der Waals surface area contributed by atoms with Crippen molar-refractivity contribution < 1.29 is 18.3 Å². The molecule has 110 valence electrons. The first-order valence-corrected chi connectivity index (χ1v) is 7.73. The molecule has 0 aliphatic carbocycles. The molecule has 0 aliphatic rings. The number of anilines is 2. The molecular formula is C13H13N3O4S.